The van der Waals surface area contributed by atoms with Gasteiger partial charge in [0, 0.05) is 11.4 Å². The fourth-order valence-electron chi connectivity index (χ4n) is 3.95. The van der Waals surface area contributed by atoms with Crippen molar-refractivity contribution in [3.8, 4) is 0 Å². The normalized spacial score (nSPS) is 14.7. The van der Waals surface area contributed by atoms with Crippen molar-refractivity contribution in [2.24, 2.45) is 0 Å². The van der Waals surface area contributed by atoms with Crippen LogP contribution in [0, 0.1) is 19.7 Å². The highest BCUT2D eigenvalue weighted by molar-refractivity contribution is 6.11. The van der Waals surface area contributed by atoms with Crippen molar-refractivity contribution >= 4 is 40.5 Å². The maximum atomic E-state index is 13.3. The first kappa shape index (κ1) is 23.0. The molecule has 8 heteroatoms. The van der Waals surface area contributed by atoms with E-state index in [4.69, 9.17) is 0 Å². The number of nitrogens with one attached hydrogen (secondary N) is 3. The summed E-state index contributed by atoms with van der Waals surface area (Å²) in [5, 5.41) is 8.67. The van der Waals surface area contributed by atoms with Gasteiger partial charge < -0.3 is 16.0 Å². The Labute approximate surface area is 197 Å². The van der Waals surface area contributed by atoms with E-state index in [1.807, 2.05) is 38.1 Å². The Balaban J connectivity index is 1.50. The molecule has 1 unspecified atom stereocenters. The predicted octanol–water partition coefficient (Wildman–Crippen LogP) is 4.24. The fourth-order valence-corrected chi connectivity index (χ4v) is 3.95. The molecule has 1 aliphatic rings. The molecule has 174 valence electrons. The number of carbonyl (C=O) groups is 3. The first-order valence-electron chi connectivity index (χ1n) is 10.9. The van der Waals surface area contributed by atoms with Crippen molar-refractivity contribution in [2.45, 2.75) is 26.3 Å². The zero-order chi connectivity index (χ0) is 24.2. The van der Waals surface area contributed by atoms with E-state index >= 15 is 0 Å². The van der Waals surface area contributed by atoms with E-state index in [0.29, 0.717) is 17.1 Å². The van der Waals surface area contributed by atoms with Crippen LogP contribution >= 0.6 is 0 Å². The molecule has 3 aromatic carbocycles. The lowest BCUT2D eigenvalue weighted by Crippen LogP contribution is -2.51. The SMILES string of the molecule is Cc1cccc(C)c1NC(=O)CN1C(=O)C(CC(=O)Nc2ccc(F)cc2)Nc2ccccc21. The second-order valence-electron chi connectivity index (χ2n) is 8.21. The number of amides is 3. The summed E-state index contributed by atoms with van der Waals surface area (Å²) >= 11 is 0. The van der Waals surface area contributed by atoms with E-state index in [-0.39, 0.29) is 24.8 Å². The van der Waals surface area contributed by atoms with Gasteiger partial charge in [-0.3, -0.25) is 19.3 Å². The molecule has 1 atom stereocenters. The maximum Gasteiger partial charge on any atom is 0.250 e. The number of aryl methyl sites for hydroxylation is 2. The molecular weight excluding hydrogens is 435 g/mol. The quantitative estimate of drug-likeness (QED) is 0.513. The fraction of sp³-hybridized carbons (Fsp3) is 0.192. The molecule has 34 heavy (non-hydrogen) atoms. The average Bonchev–Trinajstić information content (AvgIpc) is 2.80. The molecule has 3 N–H and O–H groups in total. The van der Waals surface area contributed by atoms with Crippen LogP contribution in [-0.2, 0) is 14.4 Å². The standard InChI is InChI=1S/C26H25FN4O3/c1-16-6-5-7-17(2)25(16)30-24(33)15-31-22-9-4-3-8-20(22)29-21(26(31)34)14-23(32)28-19-12-10-18(27)11-13-19/h3-13,21,29H,14-15H2,1-2H3,(H,28,32)(H,30,33). The topological polar surface area (TPSA) is 90.5 Å². The Morgan fingerprint density at radius 2 is 1.59 bits per heavy atom. The predicted molar refractivity (Wildman–Crippen MR) is 130 cm³/mol. The summed E-state index contributed by atoms with van der Waals surface area (Å²) in [5.41, 5.74) is 4.23. The van der Waals surface area contributed by atoms with Crippen LogP contribution in [0.4, 0.5) is 27.1 Å². The van der Waals surface area contributed by atoms with Crippen molar-refractivity contribution in [1.82, 2.24) is 0 Å². The second-order valence-corrected chi connectivity index (χ2v) is 8.21. The smallest absolute Gasteiger partial charge is 0.250 e. The van der Waals surface area contributed by atoms with E-state index in [9.17, 15) is 18.8 Å². The highest BCUT2D eigenvalue weighted by atomic mass is 19.1. The molecule has 1 heterocycles. The summed E-state index contributed by atoms with van der Waals surface area (Å²) in [6.07, 6.45) is -0.153. The molecule has 0 saturated carbocycles. The minimum absolute atomic E-state index is 0.153. The van der Waals surface area contributed by atoms with Gasteiger partial charge in [-0.1, -0.05) is 30.3 Å². The number of hydrogen-bond donors (Lipinski definition) is 3. The van der Waals surface area contributed by atoms with Crippen molar-refractivity contribution in [3.05, 3.63) is 83.7 Å². The zero-order valence-corrected chi connectivity index (χ0v) is 18.9. The van der Waals surface area contributed by atoms with Crippen LogP contribution in [0.15, 0.2) is 66.7 Å². The van der Waals surface area contributed by atoms with E-state index < -0.39 is 17.8 Å². The van der Waals surface area contributed by atoms with E-state index in [1.54, 1.807) is 18.2 Å². The van der Waals surface area contributed by atoms with Crippen molar-refractivity contribution in [1.29, 1.82) is 0 Å². The van der Waals surface area contributed by atoms with Gasteiger partial charge in [-0.05, 0) is 61.4 Å². The van der Waals surface area contributed by atoms with Crippen LogP contribution < -0.4 is 20.9 Å². The Kier molecular flexibility index (Phi) is 6.58. The number of nitrogens with zero attached hydrogens (tertiary/aromatic N) is 1. The number of halogens is 1. The van der Waals surface area contributed by atoms with E-state index in [2.05, 4.69) is 16.0 Å². The lowest BCUT2D eigenvalue weighted by molar-refractivity contribution is -0.124. The third-order valence-corrected chi connectivity index (χ3v) is 5.65. The van der Waals surface area contributed by atoms with Gasteiger partial charge in [0.25, 0.3) is 5.91 Å². The molecule has 0 fully saturated rings. The van der Waals surface area contributed by atoms with Gasteiger partial charge in [-0.15, -0.1) is 0 Å². The van der Waals surface area contributed by atoms with Gasteiger partial charge in [0.15, 0.2) is 0 Å². The monoisotopic (exact) mass is 460 g/mol. The van der Waals surface area contributed by atoms with E-state index in [1.165, 1.54) is 29.2 Å². The molecule has 0 radical (unpaired) electrons. The third-order valence-electron chi connectivity index (χ3n) is 5.65. The van der Waals surface area contributed by atoms with Gasteiger partial charge in [0.1, 0.15) is 18.4 Å². The first-order chi connectivity index (χ1) is 16.3. The van der Waals surface area contributed by atoms with Gasteiger partial charge in [-0.25, -0.2) is 4.39 Å². The summed E-state index contributed by atoms with van der Waals surface area (Å²) in [6.45, 7) is 3.62. The summed E-state index contributed by atoms with van der Waals surface area (Å²) in [4.78, 5) is 40.2. The molecule has 0 saturated heterocycles. The first-order valence-corrected chi connectivity index (χ1v) is 10.9. The summed E-state index contributed by atoms with van der Waals surface area (Å²) in [6, 6.07) is 17.4. The summed E-state index contributed by atoms with van der Waals surface area (Å²) in [5.74, 6) is -1.54. The van der Waals surface area contributed by atoms with Crippen LogP contribution in [-0.4, -0.2) is 30.3 Å². The number of rotatable bonds is 6. The lowest BCUT2D eigenvalue weighted by Gasteiger charge is -2.34. The van der Waals surface area contributed by atoms with Gasteiger partial charge in [0.05, 0.1) is 17.8 Å². The number of carbonyl (C=O) groups excluding carboxylic acids is 3. The molecule has 3 aromatic rings. The Bertz CT molecular complexity index is 1220. The third kappa shape index (κ3) is 5.06. The molecule has 3 amide bonds. The van der Waals surface area contributed by atoms with Crippen LogP contribution in [0.3, 0.4) is 0 Å². The molecule has 0 spiro atoms. The minimum atomic E-state index is -0.858. The average molecular weight is 461 g/mol. The Hall–Kier alpha value is -4.20. The molecule has 1 aliphatic heterocycles. The number of anilines is 4. The maximum absolute atomic E-state index is 13.3. The molecule has 4 rings (SSSR count). The summed E-state index contributed by atoms with van der Waals surface area (Å²) < 4.78 is 13.1. The largest absolute Gasteiger partial charge is 0.372 e. The molecule has 7 nitrogen and oxygen atoms in total. The number of para-hydroxylation sites is 3. The molecule has 0 aliphatic carbocycles. The van der Waals surface area contributed by atoms with Crippen LogP contribution in [0.5, 0.6) is 0 Å². The highest BCUT2D eigenvalue weighted by Crippen LogP contribution is 2.32. The highest BCUT2D eigenvalue weighted by Gasteiger charge is 2.34. The number of hydrogen-bond acceptors (Lipinski definition) is 4. The van der Waals surface area contributed by atoms with Gasteiger partial charge >= 0.3 is 0 Å². The van der Waals surface area contributed by atoms with Crippen LogP contribution in [0.2, 0.25) is 0 Å². The molecule has 0 bridgehead atoms. The lowest BCUT2D eigenvalue weighted by atomic mass is 10.1. The van der Waals surface area contributed by atoms with Crippen molar-refractivity contribution in [3.63, 3.8) is 0 Å². The van der Waals surface area contributed by atoms with Gasteiger partial charge in [-0.2, -0.15) is 0 Å². The van der Waals surface area contributed by atoms with Crippen molar-refractivity contribution < 1.29 is 18.8 Å². The van der Waals surface area contributed by atoms with Crippen molar-refractivity contribution in [2.75, 3.05) is 27.4 Å². The van der Waals surface area contributed by atoms with E-state index in [0.717, 1.165) is 16.8 Å². The zero-order valence-electron chi connectivity index (χ0n) is 18.9. The van der Waals surface area contributed by atoms with Gasteiger partial charge in [0.2, 0.25) is 11.8 Å². The number of benzene rings is 3. The van der Waals surface area contributed by atoms with Crippen LogP contribution in [0.1, 0.15) is 17.5 Å². The second kappa shape index (κ2) is 9.74. The Morgan fingerprint density at radius 1 is 0.912 bits per heavy atom. The summed E-state index contributed by atoms with van der Waals surface area (Å²) in [7, 11) is 0. The molecule has 0 aromatic heterocycles. The van der Waals surface area contributed by atoms with Crippen LogP contribution in [0.25, 0.3) is 0 Å². The number of fused-ring (bicyclic) bond motifs is 1. The molecular formula is C26H25FN4O3. The Morgan fingerprint density at radius 3 is 2.29 bits per heavy atom. The minimum Gasteiger partial charge on any atom is -0.372 e.